The lowest BCUT2D eigenvalue weighted by molar-refractivity contribution is -0.0858. The topological polar surface area (TPSA) is 94.3 Å². The summed E-state index contributed by atoms with van der Waals surface area (Å²) < 4.78 is 33.9. The van der Waals surface area contributed by atoms with Crippen LogP contribution in [0.3, 0.4) is 0 Å². The Morgan fingerprint density at radius 3 is 2.90 bits per heavy atom. The number of aromatic nitrogens is 2. The second kappa shape index (κ2) is 5.09. The average Bonchev–Trinajstić information content (AvgIpc) is 2.76. The van der Waals surface area contributed by atoms with Gasteiger partial charge in [0.25, 0.3) is 0 Å². The monoisotopic (exact) mass is 301 g/mol. The fourth-order valence-corrected chi connectivity index (χ4v) is 4.19. The molecule has 3 rings (SSSR count). The van der Waals surface area contributed by atoms with Crippen molar-refractivity contribution in [3.8, 4) is 0 Å². The lowest BCUT2D eigenvalue weighted by atomic mass is 9.79. The number of rotatable bonds is 4. The average molecular weight is 301 g/mol. The van der Waals surface area contributed by atoms with Crippen LogP contribution < -0.4 is 5.32 Å². The molecule has 0 aromatic carbocycles. The summed E-state index contributed by atoms with van der Waals surface area (Å²) in [6.45, 7) is 0.482. The van der Waals surface area contributed by atoms with Crippen molar-refractivity contribution in [1.29, 1.82) is 0 Å². The van der Waals surface area contributed by atoms with Crippen molar-refractivity contribution in [2.24, 2.45) is 0 Å². The number of nitrogens with zero attached hydrogens (tertiary/aromatic N) is 2. The molecule has 2 fully saturated rings. The first-order chi connectivity index (χ1) is 9.53. The first kappa shape index (κ1) is 14.0. The van der Waals surface area contributed by atoms with Gasteiger partial charge in [0.1, 0.15) is 5.60 Å². The number of hydrogen-bond donors (Lipinski definition) is 1. The molecule has 112 valence electrons. The molecule has 1 saturated heterocycles. The maximum Gasteiger partial charge on any atom is 0.228 e. The van der Waals surface area contributed by atoms with E-state index in [4.69, 9.17) is 9.26 Å². The van der Waals surface area contributed by atoms with Gasteiger partial charge in [0.05, 0.1) is 11.5 Å². The molecule has 1 aliphatic carbocycles. The smallest absolute Gasteiger partial charge is 0.228 e. The van der Waals surface area contributed by atoms with Gasteiger partial charge in [-0.1, -0.05) is 5.16 Å². The summed E-state index contributed by atoms with van der Waals surface area (Å²) >= 11 is 0. The van der Waals surface area contributed by atoms with Crippen molar-refractivity contribution in [2.45, 2.75) is 37.3 Å². The minimum atomic E-state index is -2.95. The molecular formula is C12H19N3O4S. The molecule has 1 aliphatic heterocycles. The van der Waals surface area contributed by atoms with Crippen LogP contribution >= 0.6 is 0 Å². The van der Waals surface area contributed by atoms with Gasteiger partial charge in [0, 0.05) is 26.1 Å². The maximum absolute atomic E-state index is 11.6. The molecule has 1 aromatic rings. The number of hydrogen-bond acceptors (Lipinski definition) is 7. The Balaban J connectivity index is 1.68. The largest absolute Gasteiger partial charge is 0.370 e. The predicted molar refractivity (Wildman–Crippen MR) is 71.0 cm³/mol. The van der Waals surface area contributed by atoms with Crippen LogP contribution in [0.2, 0.25) is 0 Å². The molecule has 1 N–H and O–H groups in total. The van der Waals surface area contributed by atoms with E-state index in [1.54, 1.807) is 7.11 Å². The highest BCUT2D eigenvalue weighted by molar-refractivity contribution is 7.91. The minimum absolute atomic E-state index is 0.125. The molecule has 2 heterocycles. The van der Waals surface area contributed by atoms with Gasteiger partial charge in [-0.3, -0.25) is 0 Å². The lowest BCUT2D eigenvalue weighted by Crippen LogP contribution is -2.46. The Hall–Kier alpha value is -0.990. The van der Waals surface area contributed by atoms with Crippen molar-refractivity contribution >= 4 is 9.84 Å². The molecule has 0 spiro atoms. The summed E-state index contributed by atoms with van der Waals surface area (Å²) in [5, 5.41) is 7.17. The summed E-state index contributed by atoms with van der Waals surface area (Å²) in [6, 6.07) is -0.151. The summed E-state index contributed by atoms with van der Waals surface area (Å²) in [7, 11) is -1.29. The van der Waals surface area contributed by atoms with Gasteiger partial charge in [0.2, 0.25) is 11.7 Å². The van der Waals surface area contributed by atoms with Crippen molar-refractivity contribution in [3.05, 3.63) is 11.7 Å². The third kappa shape index (κ3) is 2.59. The summed E-state index contributed by atoms with van der Waals surface area (Å²) in [5.41, 5.74) is -0.395. The molecule has 0 bridgehead atoms. The highest BCUT2D eigenvalue weighted by atomic mass is 32.2. The van der Waals surface area contributed by atoms with Crippen LogP contribution in [0.4, 0.5) is 0 Å². The zero-order chi connectivity index (χ0) is 14.2. The highest BCUT2D eigenvalue weighted by Crippen LogP contribution is 2.42. The van der Waals surface area contributed by atoms with E-state index in [1.165, 1.54) is 0 Å². The molecule has 2 aliphatic rings. The van der Waals surface area contributed by atoms with Crippen molar-refractivity contribution in [2.75, 3.05) is 25.2 Å². The van der Waals surface area contributed by atoms with Crippen LogP contribution in [0.1, 0.15) is 31.0 Å². The zero-order valence-corrected chi connectivity index (χ0v) is 12.3. The van der Waals surface area contributed by atoms with Gasteiger partial charge in [-0.2, -0.15) is 4.98 Å². The SMILES string of the molecule is COC1(c2noc(CC3CS(=O)(=O)CCN3)n2)CCC1. The van der Waals surface area contributed by atoms with E-state index in [2.05, 4.69) is 15.5 Å². The van der Waals surface area contributed by atoms with E-state index in [-0.39, 0.29) is 17.5 Å². The van der Waals surface area contributed by atoms with Crippen LogP contribution in [-0.2, 0) is 26.6 Å². The van der Waals surface area contributed by atoms with Crippen LogP contribution in [-0.4, -0.2) is 49.8 Å². The van der Waals surface area contributed by atoms with E-state index >= 15 is 0 Å². The van der Waals surface area contributed by atoms with E-state index in [0.29, 0.717) is 24.7 Å². The van der Waals surface area contributed by atoms with E-state index in [9.17, 15) is 8.42 Å². The van der Waals surface area contributed by atoms with Gasteiger partial charge in [-0.05, 0) is 19.3 Å². The molecule has 1 atom stereocenters. The Morgan fingerprint density at radius 1 is 1.50 bits per heavy atom. The second-order valence-corrected chi connectivity index (χ2v) is 7.76. The Bertz CT molecular complexity index is 574. The van der Waals surface area contributed by atoms with Gasteiger partial charge < -0.3 is 14.6 Å². The molecule has 0 amide bonds. The normalized spacial score (nSPS) is 27.9. The minimum Gasteiger partial charge on any atom is -0.370 e. The zero-order valence-electron chi connectivity index (χ0n) is 11.5. The van der Waals surface area contributed by atoms with Gasteiger partial charge in [0.15, 0.2) is 9.84 Å². The van der Waals surface area contributed by atoms with Crippen molar-refractivity contribution in [1.82, 2.24) is 15.5 Å². The maximum atomic E-state index is 11.6. The van der Waals surface area contributed by atoms with Gasteiger partial charge in [-0.25, -0.2) is 8.42 Å². The molecular weight excluding hydrogens is 282 g/mol. The Morgan fingerprint density at radius 2 is 2.30 bits per heavy atom. The van der Waals surface area contributed by atoms with Crippen LogP contribution in [0.5, 0.6) is 0 Å². The molecule has 1 saturated carbocycles. The predicted octanol–water partition coefficient (Wildman–Crippen LogP) is 0.0243. The van der Waals surface area contributed by atoms with E-state index in [0.717, 1.165) is 19.3 Å². The molecule has 0 radical (unpaired) electrons. The lowest BCUT2D eigenvalue weighted by Gasteiger charge is -2.37. The highest BCUT2D eigenvalue weighted by Gasteiger charge is 2.43. The third-order valence-electron chi connectivity index (χ3n) is 4.15. The quantitative estimate of drug-likeness (QED) is 0.838. The number of methoxy groups -OCH3 is 1. The van der Waals surface area contributed by atoms with Crippen molar-refractivity contribution in [3.63, 3.8) is 0 Å². The Kier molecular flexibility index (Phi) is 3.55. The Labute approximate surface area is 118 Å². The van der Waals surface area contributed by atoms with Gasteiger partial charge >= 0.3 is 0 Å². The third-order valence-corrected chi connectivity index (χ3v) is 5.89. The number of sulfone groups is 1. The molecule has 8 heteroatoms. The van der Waals surface area contributed by atoms with E-state index < -0.39 is 15.4 Å². The fraction of sp³-hybridized carbons (Fsp3) is 0.833. The number of nitrogens with one attached hydrogen (secondary N) is 1. The van der Waals surface area contributed by atoms with Crippen LogP contribution in [0.15, 0.2) is 4.52 Å². The van der Waals surface area contributed by atoms with Gasteiger partial charge in [-0.15, -0.1) is 0 Å². The van der Waals surface area contributed by atoms with E-state index in [1.807, 2.05) is 0 Å². The standard InChI is InChI=1S/C12H19N3O4S/c1-18-12(3-2-4-12)11-14-10(19-15-11)7-9-8-20(16,17)6-5-13-9/h9,13H,2-8H2,1H3. The fourth-order valence-electron chi connectivity index (χ4n) is 2.75. The molecule has 20 heavy (non-hydrogen) atoms. The second-order valence-electron chi connectivity index (χ2n) is 5.53. The molecule has 1 aromatic heterocycles. The first-order valence-corrected chi connectivity index (χ1v) is 8.67. The molecule has 7 nitrogen and oxygen atoms in total. The number of ether oxygens (including phenoxy) is 1. The summed E-state index contributed by atoms with van der Waals surface area (Å²) in [5.74, 6) is 1.38. The van der Waals surface area contributed by atoms with Crippen LogP contribution in [0, 0.1) is 0 Å². The first-order valence-electron chi connectivity index (χ1n) is 6.85. The van der Waals surface area contributed by atoms with Crippen molar-refractivity contribution < 1.29 is 17.7 Å². The molecule has 1 unspecified atom stereocenters. The summed E-state index contributed by atoms with van der Waals surface area (Å²) in [6.07, 6.45) is 3.34. The van der Waals surface area contributed by atoms with Crippen LogP contribution in [0.25, 0.3) is 0 Å². The summed E-state index contributed by atoms with van der Waals surface area (Å²) in [4.78, 5) is 4.38.